The van der Waals surface area contributed by atoms with Crippen LogP contribution in [0, 0.1) is 0 Å². The van der Waals surface area contributed by atoms with Crippen LogP contribution in [-0.2, 0) is 6.42 Å². The minimum absolute atomic E-state index is 0.290. The molecule has 0 fully saturated rings. The summed E-state index contributed by atoms with van der Waals surface area (Å²) in [6, 6.07) is 2.01. The van der Waals surface area contributed by atoms with Crippen LogP contribution >= 0.6 is 0 Å². The van der Waals surface area contributed by atoms with Crippen LogP contribution in [0.15, 0.2) is 27.4 Å². The van der Waals surface area contributed by atoms with E-state index in [0.29, 0.717) is 29.1 Å². The van der Waals surface area contributed by atoms with Crippen molar-refractivity contribution in [1.82, 2.24) is 20.2 Å². The first kappa shape index (κ1) is 19.3. The first-order valence-electron chi connectivity index (χ1n) is 9.81. The highest BCUT2D eigenvalue weighted by atomic mass is 16.3. The van der Waals surface area contributed by atoms with Crippen molar-refractivity contribution in [3.05, 3.63) is 35.5 Å². The number of hydrogen-bond acceptors (Lipinski definition) is 6. The summed E-state index contributed by atoms with van der Waals surface area (Å²) in [6.07, 6.45) is 7.53. The third-order valence-electron chi connectivity index (χ3n) is 4.84. The Morgan fingerprint density at radius 1 is 0.963 bits per heavy atom. The Kier molecular flexibility index (Phi) is 6.04. The Hall–Kier alpha value is -2.50. The molecule has 0 spiro atoms. The molecule has 0 aromatic carbocycles. The van der Waals surface area contributed by atoms with Crippen LogP contribution in [0.2, 0.25) is 0 Å². The number of aromatic nitrogens is 4. The Labute approximate surface area is 160 Å². The summed E-state index contributed by atoms with van der Waals surface area (Å²) in [5, 5.41) is 8.78. The normalized spacial score (nSPS) is 12.7. The summed E-state index contributed by atoms with van der Waals surface area (Å²) < 4.78 is 11.3. The molecule has 6 heteroatoms. The Balaban J connectivity index is 1.97. The first-order valence-corrected chi connectivity index (χ1v) is 9.81. The molecule has 3 heterocycles. The minimum atomic E-state index is 0.290. The lowest BCUT2D eigenvalue weighted by Crippen LogP contribution is -2.02. The van der Waals surface area contributed by atoms with Gasteiger partial charge in [0.15, 0.2) is 5.69 Å². The van der Waals surface area contributed by atoms with Gasteiger partial charge in [0.25, 0.3) is 0 Å². The van der Waals surface area contributed by atoms with Crippen molar-refractivity contribution < 1.29 is 8.83 Å². The summed E-state index contributed by atoms with van der Waals surface area (Å²) in [4.78, 5) is 9.16. The molecule has 0 saturated heterocycles. The van der Waals surface area contributed by atoms with Gasteiger partial charge in [-0.3, -0.25) is 0 Å². The largest absolute Gasteiger partial charge is 0.443 e. The maximum absolute atomic E-state index is 5.69. The lowest BCUT2D eigenvalue weighted by molar-refractivity contribution is 0.560. The summed E-state index contributed by atoms with van der Waals surface area (Å²) in [5.41, 5.74) is 4.26. The van der Waals surface area contributed by atoms with Gasteiger partial charge in [0.1, 0.15) is 18.2 Å². The molecule has 0 amide bonds. The van der Waals surface area contributed by atoms with Gasteiger partial charge >= 0.3 is 0 Å². The zero-order chi connectivity index (χ0) is 19.4. The van der Waals surface area contributed by atoms with Crippen molar-refractivity contribution in [3.8, 4) is 23.2 Å². The number of hydrogen-bond donors (Lipinski definition) is 0. The van der Waals surface area contributed by atoms with E-state index in [1.165, 1.54) is 0 Å². The highest BCUT2D eigenvalue weighted by Gasteiger charge is 2.21. The highest BCUT2D eigenvalue weighted by Crippen LogP contribution is 2.32. The standard InChI is InChI=1S/C21H28N4O2/c1-6-8-9-15-11-26-20(22-15)17-10-16(14(5)7-2)19(25-24-17)21-23-18(12-27-21)13(3)4/h10-14H,6-9H2,1-5H3. The second-order valence-electron chi connectivity index (χ2n) is 7.32. The smallest absolute Gasteiger partial charge is 0.247 e. The summed E-state index contributed by atoms with van der Waals surface area (Å²) >= 11 is 0. The Morgan fingerprint density at radius 2 is 1.74 bits per heavy atom. The van der Waals surface area contributed by atoms with Gasteiger partial charge in [-0.25, -0.2) is 9.97 Å². The van der Waals surface area contributed by atoms with E-state index in [-0.39, 0.29) is 5.92 Å². The molecule has 3 aromatic rings. The molecule has 0 aliphatic rings. The van der Waals surface area contributed by atoms with Crippen LogP contribution in [0.1, 0.15) is 82.7 Å². The predicted molar refractivity (Wildman–Crippen MR) is 104 cm³/mol. The van der Waals surface area contributed by atoms with Crippen molar-refractivity contribution in [1.29, 1.82) is 0 Å². The van der Waals surface area contributed by atoms with E-state index < -0.39 is 0 Å². The monoisotopic (exact) mass is 368 g/mol. The van der Waals surface area contributed by atoms with Crippen LogP contribution < -0.4 is 0 Å². The topological polar surface area (TPSA) is 77.8 Å². The lowest BCUT2D eigenvalue weighted by atomic mass is 9.96. The fourth-order valence-corrected chi connectivity index (χ4v) is 2.83. The number of aryl methyl sites for hydroxylation is 1. The van der Waals surface area contributed by atoms with Crippen molar-refractivity contribution in [3.63, 3.8) is 0 Å². The molecule has 0 aliphatic heterocycles. The van der Waals surface area contributed by atoms with E-state index >= 15 is 0 Å². The minimum Gasteiger partial charge on any atom is -0.443 e. The van der Waals surface area contributed by atoms with E-state index in [4.69, 9.17) is 8.83 Å². The molecule has 144 valence electrons. The second kappa shape index (κ2) is 8.46. The third-order valence-corrected chi connectivity index (χ3v) is 4.84. The number of oxazole rings is 2. The van der Waals surface area contributed by atoms with Gasteiger partial charge in [-0.15, -0.1) is 10.2 Å². The highest BCUT2D eigenvalue weighted by molar-refractivity contribution is 5.59. The molecule has 27 heavy (non-hydrogen) atoms. The summed E-state index contributed by atoms with van der Waals surface area (Å²) in [7, 11) is 0. The van der Waals surface area contributed by atoms with Crippen LogP contribution in [-0.4, -0.2) is 20.2 Å². The number of nitrogens with zero attached hydrogens (tertiary/aromatic N) is 4. The average Bonchev–Trinajstić information content (AvgIpc) is 3.35. The quantitative estimate of drug-likeness (QED) is 0.502. The third kappa shape index (κ3) is 4.26. The molecule has 1 unspecified atom stereocenters. The van der Waals surface area contributed by atoms with E-state index in [1.807, 2.05) is 6.07 Å². The van der Waals surface area contributed by atoms with Crippen LogP contribution in [0.25, 0.3) is 23.2 Å². The zero-order valence-corrected chi connectivity index (χ0v) is 16.8. The van der Waals surface area contributed by atoms with Gasteiger partial charge in [0.2, 0.25) is 11.8 Å². The zero-order valence-electron chi connectivity index (χ0n) is 16.8. The predicted octanol–water partition coefficient (Wildman–Crippen LogP) is 5.77. The summed E-state index contributed by atoms with van der Waals surface area (Å²) in [5.74, 6) is 1.62. The molecule has 3 aromatic heterocycles. The van der Waals surface area contributed by atoms with Gasteiger partial charge in [0.05, 0.1) is 11.4 Å². The second-order valence-corrected chi connectivity index (χ2v) is 7.32. The molecule has 0 radical (unpaired) electrons. The molecular formula is C21H28N4O2. The van der Waals surface area contributed by atoms with E-state index in [2.05, 4.69) is 54.8 Å². The van der Waals surface area contributed by atoms with Gasteiger partial charge in [-0.1, -0.05) is 41.0 Å². The van der Waals surface area contributed by atoms with Crippen molar-refractivity contribution in [2.75, 3.05) is 0 Å². The van der Waals surface area contributed by atoms with Crippen molar-refractivity contribution in [2.24, 2.45) is 0 Å². The molecule has 1 atom stereocenters. The van der Waals surface area contributed by atoms with Crippen LogP contribution in [0.4, 0.5) is 0 Å². The average molecular weight is 368 g/mol. The molecular weight excluding hydrogens is 340 g/mol. The molecule has 0 N–H and O–H groups in total. The van der Waals surface area contributed by atoms with E-state index in [0.717, 1.165) is 42.6 Å². The van der Waals surface area contributed by atoms with Gasteiger partial charge in [0, 0.05) is 0 Å². The van der Waals surface area contributed by atoms with E-state index in [9.17, 15) is 0 Å². The maximum atomic E-state index is 5.69. The van der Waals surface area contributed by atoms with Crippen LogP contribution in [0.3, 0.4) is 0 Å². The van der Waals surface area contributed by atoms with Crippen molar-refractivity contribution in [2.45, 2.75) is 72.1 Å². The first-order chi connectivity index (χ1) is 13.0. The number of unbranched alkanes of at least 4 members (excludes halogenated alkanes) is 1. The van der Waals surface area contributed by atoms with Gasteiger partial charge < -0.3 is 8.83 Å². The van der Waals surface area contributed by atoms with E-state index in [1.54, 1.807) is 12.5 Å². The Bertz CT molecular complexity index is 882. The molecule has 3 rings (SSSR count). The maximum Gasteiger partial charge on any atom is 0.247 e. The molecule has 6 nitrogen and oxygen atoms in total. The van der Waals surface area contributed by atoms with Gasteiger partial charge in [-0.05, 0) is 42.7 Å². The molecule has 0 aliphatic carbocycles. The fourth-order valence-electron chi connectivity index (χ4n) is 2.83. The summed E-state index contributed by atoms with van der Waals surface area (Å²) in [6.45, 7) is 10.7. The van der Waals surface area contributed by atoms with Gasteiger partial charge in [-0.2, -0.15) is 0 Å². The fraction of sp³-hybridized carbons (Fsp3) is 0.524. The SMILES string of the molecule is CCCCc1coc(-c2cc(C(C)CC)c(-c3nc(C(C)C)co3)nn2)n1. The lowest BCUT2D eigenvalue weighted by Gasteiger charge is -2.12. The Morgan fingerprint density at radius 3 is 2.41 bits per heavy atom. The van der Waals surface area contributed by atoms with Crippen LogP contribution in [0.5, 0.6) is 0 Å². The van der Waals surface area contributed by atoms with Crippen molar-refractivity contribution >= 4 is 0 Å². The number of rotatable bonds is 8. The molecule has 0 saturated carbocycles. The molecule has 0 bridgehead atoms.